The molecule has 1 heterocycles. The molecule has 29 heavy (non-hydrogen) atoms. The highest BCUT2D eigenvalue weighted by Gasteiger charge is 2.12. The first-order chi connectivity index (χ1) is 13.8. The fourth-order valence-electron chi connectivity index (χ4n) is 2.60. The summed E-state index contributed by atoms with van der Waals surface area (Å²) >= 11 is 0. The van der Waals surface area contributed by atoms with Crippen LogP contribution in [0.4, 0.5) is 11.5 Å². The van der Waals surface area contributed by atoms with Crippen molar-refractivity contribution in [2.75, 3.05) is 12.4 Å². The Kier molecular flexibility index (Phi) is 5.79. The van der Waals surface area contributed by atoms with E-state index in [4.69, 9.17) is 4.74 Å². The number of nitrogens with zero attached hydrogens (tertiary/aromatic N) is 3. The fraction of sp³-hybridized carbons (Fsp3) is 0.150. The van der Waals surface area contributed by atoms with Crippen LogP contribution in [0.25, 0.3) is 4.72 Å². The molecule has 0 saturated carbocycles. The number of sulfonamides is 1. The number of aryl methyl sites for hydroxylation is 2. The summed E-state index contributed by atoms with van der Waals surface area (Å²) in [5.41, 5.74) is 1.50. The summed E-state index contributed by atoms with van der Waals surface area (Å²) in [6.07, 6.45) is 0. The van der Waals surface area contributed by atoms with Gasteiger partial charge in [-0.15, -0.1) is 0 Å². The van der Waals surface area contributed by atoms with E-state index in [1.165, 1.54) is 37.4 Å². The molecule has 1 amide bonds. The molecule has 0 fully saturated rings. The lowest BCUT2D eigenvalue weighted by atomic mass is 10.2. The van der Waals surface area contributed by atoms with E-state index in [-0.39, 0.29) is 16.6 Å². The summed E-state index contributed by atoms with van der Waals surface area (Å²) in [5.74, 6) is 0.743. The van der Waals surface area contributed by atoms with Crippen LogP contribution in [0.1, 0.15) is 21.9 Å². The van der Waals surface area contributed by atoms with Gasteiger partial charge < -0.3 is 19.8 Å². The molecule has 1 N–H and O–H groups in total. The minimum atomic E-state index is -3.95. The zero-order chi connectivity index (χ0) is 21.0. The van der Waals surface area contributed by atoms with E-state index in [1.807, 2.05) is 0 Å². The van der Waals surface area contributed by atoms with Crippen molar-refractivity contribution in [1.82, 2.24) is 9.97 Å². The van der Waals surface area contributed by atoms with Crippen molar-refractivity contribution in [1.29, 1.82) is 0 Å². The van der Waals surface area contributed by atoms with Crippen molar-refractivity contribution in [3.63, 3.8) is 0 Å². The second-order valence-electron chi connectivity index (χ2n) is 6.19. The fourth-order valence-corrected chi connectivity index (χ4v) is 3.52. The summed E-state index contributed by atoms with van der Waals surface area (Å²) in [4.78, 5) is 20.5. The minimum Gasteiger partial charge on any atom is -0.497 e. The van der Waals surface area contributed by atoms with Crippen LogP contribution in [0.2, 0.25) is 0 Å². The number of hydrogen-bond acceptors (Lipinski definition) is 6. The van der Waals surface area contributed by atoms with Crippen LogP contribution < -0.4 is 10.1 Å². The van der Waals surface area contributed by atoms with Gasteiger partial charge in [-0.2, -0.15) is 0 Å². The molecule has 1 aromatic heterocycles. The third-order valence-corrected chi connectivity index (χ3v) is 5.20. The van der Waals surface area contributed by atoms with Crippen molar-refractivity contribution in [2.24, 2.45) is 0 Å². The number of anilines is 1. The lowest BCUT2D eigenvalue weighted by Gasteiger charge is -2.17. The molecule has 0 radical (unpaired) electrons. The highest BCUT2D eigenvalue weighted by Crippen LogP contribution is 2.27. The molecular formula is C20H19N4O4S-. The zero-order valence-corrected chi connectivity index (χ0v) is 16.9. The van der Waals surface area contributed by atoms with Gasteiger partial charge in [-0.25, -0.2) is 8.42 Å². The normalized spacial score (nSPS) is 11.0. The van der Waals surface area contributed by atoms with Gasteiger partial charge in [0.1, 0.15) is 5.75 Å². The highest BCUT2D eigenvalue weighted by molar-refractivity contribution is 7.94. The molecule has 2 aromatic carbocycles. The maximum atomic E-state index is 12.5. The molecule has 0 saturated heterocycles. The Morgan fingerprint density at radius 2 is 1.76 bits per heavy atom. The van der Waals surface area contributed by atoms with Crippen LogP contribution >= 0.6 is 0 Å². The summed E-state index contributed by atoms with van der Waals surface area (Å²) in [6, 6.07) is 13.9. The molecule has 0 atom stereocenters. The van der Waals surface area contributed by atoms with E-state index in [9.17, 15) is 13.2 Å². The van der Waals surface area contributed by atoms with Crippen LogP contribution in [0.5, 0.6) is 5.75 Å². The van der Waals surface area contributed by atoms with Gasteiger partial charge in [0.25, 0.3) is 5.91 Å². The first-order valence-corrected chi connectivity index (χ1v) is 10.1. The lowest BCUT2D eigenvalue weighted by Crippen LogP contribution is -2.12. The average Bonchev–Trinajstić information content (AvgIpc) is 2.67. The van der Waals surface area contributed by atoms with E-state index in [1.54, 1.807) is 38.1 Å². The van der Waals surface area contributed by atoms with Gasteiger partial charge in [0, 0.05) is 22.8 Å². The van der Waals surface area contributed by atoms with Crippen molar-refractivity contribution in [2.45, 2.75) is 18.7 Å². The Morgan fingerprint density at radius 3 is 2.41 bits per heavy atom. The molecule has 0 unspecified atom stereocenters. The Hall–Kier alpha value is -3.46. The van der Waals surface area contributed by atoms with Crippen molar-refractivity contribution >= 4 is 27.4 Å². The smallest absolute Gasteiger partial charge is 0.255 e. The molecule has 0 spiro atoms. The van der Waals surface area contributed by atoms with E-state index in [0.29, 0.717) is 28.5 Å². The molecule has 0 bridgehead atoms. The Balaban J connectivity index is 1.74. The predicted octanol–water partition coefficient (Wildman–Crippen LogP) is 3.75. The molecule has 9 heteroatoms. The van der Waals surface area contributed by atoms with E-state index in [0.717, 1.165) is 0 Å². The van der Waals surface area contributed by atoms with Crippen LogP contribution in [0.15, 0.2) is 59.5 Å². The third-order valence-electron chi connectivity index (χ3n) is 3.91. The number of ether oxygens (including phenoxy) is 1. The second kappa shape index (κ2) is 8.27. The predicted molar refractivity (Wildman–Crippen MR) is 109 cm³/mol. The number of carbonyl (C=O) groups is 1. The standard InChI is InChI=1S/C20H20N4O4S/c1-13-11-19(22-14(2)21-13)24-29(26,27)18-9-7-16(8-10-18)23-20(25)15-5-4-6-17(12-15)28-3/h4-12H,1-3H3,(H2,21,22,23,24,25)/p-1. The quantitative estimate of drug-likeness (QED) is 0.661. The summed E-state index contributed by atoms with van der Waals surface area (Å²) in [6.45, 7) is 3.40. The first kappa shape index (κ1) is 20.3. The molecule has 3 aromatic rings. The number of hydrogen-bond donors (Lipinski definition) is 1. The van der Waals surface area contributed by atoms with Crippen LogP contribution in [-0.2, 0) is 10.0 Å². The van der Waals surface area contributed by atoms with E-state index < -0.39 is 10.0 Å². The van der Waals surface area contributed by atoms with Gasteiger partial charge >= 0.3 is 0 Å². The van der Waals surface area contributed by atoms with Crippen LogP contribution in [0, 0.1) is 13.8 Å². The van der Waals surface area contributed by atoms with Crippen molar-refractivity contribution in [3.8, 4) is 5.75 Å². The number of amides is 1. The molecule has 8 nitrogen and oxygen atoms in total. The molecule has 3 rings (SSSR count). The van der Waals surface area contributed by atoms with Crippen LogP contribution in [-0.4, -0.2) is 31.4 Å². The maximum absolute atomic E-state index is 12.5. The Morgan fingerprint density at radius 1 is 1.03 bits per heavy atom. The van der Waals surface area contributed by atoms with Gasteiger partial charge in [-0.3, -0.25) is 9.78 Å². The van der Waals surface area contributed by atoms with Gasteiger partial charge in [0.15, 0.2) is 0 Å². The number of aromatic nitrogens is 2. The Labute approximate surface area is 169 Å². The minimum absolute atomic E-state index is 0.00852. The Bertz CT molecular complexity index is 1130. The summed E-state index contributed by atoms with van der Waals surface area (Å²) < 4.78 is 33.9. The summed E-state index contributed by atoms with van der Waals surface area (Å²) in [5, 5.41) is 2.71. The van der Waals surface area contributed by atoms with E-state index >= 15 is 0 Å². The third kappa shape index (κ3) is 5.08. The summed E-state index contributed by atoms with van der Waals surface area (Å²) in [7, 11) is -2.43. The van der Waals surface area contributed by atoms with Crippen molar-refractivity contribution < 1.29 is 17.9 Å². The van der Waals surface area contributed by atoms with Gasteiger partial charge in [0.2, 0.25) is 10.0 Å². The number of nitrogens with one attached hydrogen (secondary N) is 1. The number of methoxy groups -OCH3 is 1. The van der Waals surface area contributed by atoms with Crippen molar-refractivity contribution in [3.05, 3.63) is 76.4 Å². The monoisotopic (exact) mass is 411 g/mol. The highest BCUT2D eigenvalue weighted by atomic mass is 32.2. The van der Waals surface area contributed by atoms with Gasteiger partial charge in [-0.1, -0.05) is 6.07 Å². The number of benzene rings is 2. The molecule has 0 aliphatic carbocycles. The van der Waals surface area contributed by atoms with Crippen LogP contribution in [0.3, 0.4) is 0 Å². The maximum Gasteiger partial charge on any atom is 0.255 e. The molecule has 0 aliphatic heterocycles. The van der Waals surface area contributed by atoms with Gasteiger partial charge in [-0.05, 0) is 68.2 Å². The SMILES string of the molecule is COc1cccc(C(=O)Nc2ccc(S(=O)(=O)[N-]c3cc(C)nc(C)n3)cc2)c1. The molecule has 150 valence electrons. The largest absolute Gasteiger partial charge is 0.497 e. The number of rotatable bonds is 6. The van der Waals surface area contributed by atoms with E-state index in [2.05, 4.69) is 20.0 Å². The zero-order valence-electron chi connectivity index (χ0n) is 16.1. The first-order valence-electron chi connectivity index (χ1n) is 8.62. The average molecular weight is 411 g/mol. The van der Waals surface area contributed by atoms with Gasteiger partial charge in [0.05, 0.1) is 12.0 Å². The topological polar surface area (TPSA) is 112 Å². The lowest BCUT2D eigenvalue weighted by molar-refractivity contribution is 0.102. The second-order valence-corrected chi connectivity index (χ2v) is 7.80. The number of carbonyl (C=O) groups excluding carboxylic acids is 1. The molecular weight excluding hydrogens is 392 g/mol. The molecule has 0 aliphatic rings.